The molecule has 236 valence electrons. The van der Waals surface area contributed by atoms with E-state index in [9.17, 15) is 23.9 Å². The summed E-state index contributed by atoms with van der Waals surface area (Å²) in [5, 5.41) is 22.4. The van der Waals surface area contributed by atoms with Gasteiger partial charge >= 0.3 is 6.05 Å². The number of aromatic nitrogens is 3. The van der Waals surface area contributed by atoms with E-state index in [4.69, 9.17) is 9.47 Å². The maximum atomic E-state index is 14.7. The Hall–Kier alpha value is -4.45. The first-order valence-corrected chi connectivity index (χ1v) is 14.9. The van der Waals surface area contributed by atoms with Crippen molar-refractivity contribution in [2.75, 3.05) is 56.2 Å². The Balaban J connectivity index is 1.08. The van der Waals surface area contributed by atoms with Gasteiger partial charge in [-0.1, -0.05) is 0 Å². The van der Waals surface area contributed by atoms with E-state index in [0.29, 0.717) is 34.0 Å². The van der Waals surface area contributed by atoms with Gasteiger partial charge in [0.15, 0.2) is 0 Å². The van der Waals surface area contributed by atoms with Gasteiger partial charge in [-0.25, -0.2) is 15.0 Å². The van der Waals surface area contributed by atoms with Crippen LogP contribution in [0.5, 0.6) is 5.75 Å². The minimum absolute atomic E-state index is 0.128. The van der Waals surface area contributed by atoms with Crippen molar-refractivity contribution in [3.63, 3.8) is 0 Å². The average molecular weight is 621 g/mol. The molecule has 14 heteroatoms. The maximum Gasteiger partial charge on any atom is 0.331 e. The number of amides is 1. The van der Waals surface area contributed by atoms with Crippen molar-refractivity contribution in [1.29, 1.82) is 5.26 Å². The smallest absolute Gasteiger partial charge is 0.331 e. The maximum absolute atomic E-state index is 14.7. The van der Waals surface area contributed by atoms with Crippen molar-refractivity contribution in [3.05, 3.63) is 54.4 Å². The lowest BCUT2D eigenvalue weighted by molar-refractivity contribution is -0.202. The first kappa shape index (κ1) is 30.6. The van der Waals surface area contributed by atoms with Crippen molar-refractivity contribution in [2.24, 2.45) is 0 Å². The van der Waals surface area contributed by atoms with E-state index in [-0.39, 0.29) is 24.3 Å². The normalized spacial score (nSPS) is 21.0. The molecule has 3 aliphatic heterocycles. The summed E-state index contributed by atoms with van der Waals surface area (Å²) in [6.07, 6.45) is 0.357. The highest BCUT2D eigenvalue weighted by Gasteiger charge is 2.47. The van der Waals surface area contributed by atoms with Crippen LogP contribution in [0.2, 0.25) is 0 Å². The first-order valence-electron chi connectivity index (χ1n) is 14.9. The minimum atomic E-state index is -3.48. The number of aliphatic hydroxyl groups excluding tert-OH is 1. The molecule has 3 fully saturated rings. The fourth-order valence-electron chi connectivity index (χ4n) is 5.70. The number of halogens is 2. The van der Waals surface area contributed by atoms with E-state index in [1.165, 1.54) is 0 Å². The molecule has 2 aromatic heterocycles. The standard InChI is InChI=1S/C31H34F2N8O4/c1-20(42)29(43)41-9-7-25(15-31(41,32)33)45-27-4-2-21(14-22(27)16-34)26-6-8-35-30(37-26)38-28-5-3-23(17-36-28)39-10-12-40(13-11-39)24-18-44-19-24/h2-6,8,14,17,20,24-25,42H,7,9-13,15,18-19H2,1H3,(H,35,36,37,38)/t20-,25?/m0/s1. The number of nitrogens with zero attached hydrogens (tertiary/aromatic N) is 7. The molecule has 2 atom stereocenters. The summed E-state index contributed by atoms with van der Waals surface area (Å²) in [6, 6.07) is 9.55. The molecule has 45 heavy (non-hydrogen) atoms. The third-order valence-corrected chi connectivity index (χ3v) is 8.32. The van der Waals surface area contributed by atoms with Crippen molar-refractivity contribution in [2.45, 2.75) is 44.1 Å². The SMILES string of the molecule is C[C@H](O)C(=O)N1CCC(Oc2ccc(-c3ccnc(Nc4ccc(N5CCN(C6COC6)CC5)cn4)n3)cc2C#N)CC1(F)F. The number of alkyl halides is 2. The molecule has 1 amide bonds. The molecule has 6 rings (SSSR count). The number of carbonyl (C=O) groups is 1. The topological polar surface area (TPSA) is 140 Å². The van der Waals surface area contributed by atoms with Crippen LogP contribution in [0.4, 0.5) is 26.2 Å². The predicted octanol–water partition coefficient (Wildman–Crippen LogP) is 3.02. The van der Waals surface area contributed by atoms with Gasteiger partial charge in [-0.05, 0) is 43.3 Å². The number of nitrogens with one attached hydrogen (secondary N) is 1. The summed E-state index contributed by atoms with van der Waals surface area (Å²) in [4.78, 5) is 30.6. The van der Waals surface area contributed by atoms with E-state index in [1.807, 2.05) is 18.3 Å². The number of benzene rings is 1. The molecule has 3 saturated heterocycles. The molecule has 0 spiro atoms. The first-order chi connectivity index (χ1) is 21.7. The fraction of sp³-hybridized carbons (Fsp3) is 0.452. The van der Waals surface area contributed by atoms with Crippen LogP contribution in [0.3, 0.4) is 0 Å². The van der Waals surface area contributed by atoms with Crippen LogP contribution in [0.15, 0.2) is 48.8 Å². The van der Waals surface area contributed by atoms with Crippen molar-refractivity contribution < 1.29 is 28.2 Å². The van der Waals surface area contributed by atoms with Gasteiger partial charge in [0.25, 0.3) is 5.91 Å². The molecule has 0 bridgehead atoms. The van der Waals surface area contributed by atoms with Crippen molar-refractivity contribution in [1.82, 2.24) is 24.8 Å². The van der Waals surface area contributed by atoms with Gasteiger partial charge in [-0.3, -0.25) is 14.6 Å². The van der Waals surface area contributed by atoms with E-state index in [2.05, 4.69) is 36.1 Å². The number of anilines is 3. The van der Waals surface area contributed by atoms with Gasteiger partial charge < -0.3 is 24.8 Å². The van der Waals surface area contributed by atoms with Gasteiger partial charge in [-0.15, -0.1) is 0 Å². The van der Waals surface area contributed by atoms with Gasteiger partial charge in [-0.2, -0.15) is 14.0 Å². The minimum Gasteiger partial charge on any atom is -0.489 e. The zero-order chi connectivity index (χ0) is 31.6. The summed E-state index contributed by atoms with van der Waals surface area (Å²) in [7, 11) is 0. The number of piperidine rings is 1. The molecule has 3 aliphatic rings. The van der Waals surface area contributed by atoms with E-state index < -0.39 is 30.6 Å². The molecule has 1 unspecified atom stereocenters. The zero-order valence-electron chi connectivity index (χ0n) is 24.8. The quantitative estimate of drug-likeness (QED) is 0.359. The molecule has 5 heterocycles. The number of carbonyl (C=O) groups excluding carboxylic acids is 1. The molecular formula is C31H34F2N8O4. The van der Waals surface area contributed by atoms with Crippen LogP contribution in [0.25, 0.3) is 11.3 Å². The predicted molar refractivity (Wildman–Crippen MR) is 160 cm³/mol. The average Bonchev–Trinajstić information content (AvgIpc) is 3.01. The van der Waals surface area contributed by atoms with Gasteiger partial charge in [0.1, 0.15) is 29.8 Å². The summed E-state index contributed by atoms with van der Waals surface area (Å²) in [5.41, 5.74) is 2.36. The molecule has 12 nitrogen and oxygen atoms in total. The lowest BCUT2D eigenvalue weighted by Gasteiger charge is -2.43. The third kappa shape index (κ3) is 6.80. The summed E-state index contributed by atoms with van der Waals surface area (Å²) in [5.74, 6) is 0.0354. The van der Waals surface area contributed by atoms with Crippen molar-refractivity contribution >= 4 is 23.4 Å². The Labute approximate surface area is 259 Å². The van der Waals surface area contributed by atoms with Crippen LogP contribution in [0.1, 0.15) is 25.3 Å². The number of pyridine rings is 1. The Morgan fingerprint density at radius 2 is 1.96 bits per heavy atom. The molecule has 0 radical (unpaired) electrons. The fourth-order valence-corrected chi connectivity index (χ4v) is 5.70. The van der Waals surface area contributed by atoms with Crippen LogP contribution >= 0.6 is 0 Å². The molecule has 3 aromatic rings. The van der Waals surface area contributed by atoms with Gasteiger partial charge in [0.2, 0.25) is 5.95 Å². The molecule has 0 saturated carbocycles. The van der Waals surface area contributed by atoms with Crippen LogP contribution in [0, 0.1) is 11.3 Å². The molecule has 0 aliphatic carbocycles. The summed E-state index contributed by atoms with van der Waals surface area (Å²) in [6.45, 7) is 6.39. The number of hydrogen-bond acceptors (Lipinski definition) is 11. The largest absolute Gasteiger partial charge is 0.489 e. The Morgan fingerprint density at radius 3 is 2.60 bits per heavy atom. The highest BCUT2D eigenvalue weighted by atomic mass is 19.3. The monoisotopic (exact) mass is 620 g/mol. The number of ether oxygens (including phenoxy) is 2. The Kier molecular flexibility index (Phi) is 8.75. The molecular weight excluding hydrogens is 586 g/mol. The second kappa shape index (κ2) is 12.9. The number of likely N-dealkylation sites (tertiary alicyclic amines) is 1. The van der Waals surface area contributed by atoms with Gasteiger partial charge in [0.05, 0.1) is 48.8 Å². The van der Waals surface area contributed by atoms with Crippen LogP contribution < -0.4 is 15.0 Å². The lowest BCUT2D eigenvalue weighted by atomic mass is 10.0. The Morgan fingerprint density at radius 1 is 1.16 bits per heavy atom. The summed E-state index contributed by atoms with van der Waals surface area (Å²) < 4.78 is 40.5. The van der Waals surface area contributed by atoms with Gasteiger partial charge in [0, 0.05) is 50.9 Å². The molecule has 1 aromatic carbocycles. The van der Waals surface area contributed by atoms with E-state index in [0.717, 1.165) is 52.0 Å². The number of rotatable bonds is 8. The number of hydrogen-bond donors (Lipinski definition) is 2. The number of nitriles is 1. The van der Waals surface area contributed by atoms with E-state index >= 15 is 0 Å². The van der Waals surface area contributed by atoms with Crippen LogP contribution in [-0.4, -0.2) is 106 Å². The third-order valence-electron chi connectivity index (χ3n) is 8.32. The van der Waals surface area contributed by atoms with Crippen molar-refractivity contribution in [3.8, 4) is 23.1 Å². The highest BCUT2D eigenvalue weighted by Crippen LogP contribution is 2.35. The Bertz CT molecular complexity index is 1560. The number of aliphatic hydroxyl groups is 1. The second-order valence-electron chi connectivity index (χ2n) is 11.4. The second-order valence-corrected chi connectivity index (χ2v) is 11.4. The highest BCUT2D eigenvalue weighted by molar-refractivity contribution is 5.80. The zero-order valence-corrected chi connectivity index (χ0v) is 24.8. The molecule has 2 N–H and O–H groups in total. The summed E-state index contributed by atoms with van der Waals surface area (Å²) >= 11 is 0. The number of piperazine rings is 1. The van der Waals surface area contributed by atoms with Crippen LogP contribution in [-0.2, 0) is 9.53 Å². The van der Waals surface area contributed by atoms with E-state index in [1.54, 1.807) is 30.5 Å². The lowest BCUT2D eigenvalue weighted by Crippen LogP contribution is -2.56.